The van der Waals surface area contributed by atoms with Crippen LogP contribution in [0.2, 0.25) is 0 Å². The molecule has 2 aliphatic rings. The van der Waals surface area contributed by atoms with Crippen molar-refractivity contribution >= 4 is 5.91 Å². The summed E-state index contributed by atoms with van der Waals surface area (Å²) in [5.74, 6) is 0.302. The first-order valence-electron chi connectivity index (χ1n) is 10.3. The molecule has 1 saturated carbocycles. The normalized spacial score (nSPS) is 25.9. The lowest BCUT2D eigenvalue weighted by molar-refractivity contribution is 0.0304. The number of halogens is 1. The Morgan fingerprint density at radius 3 is 2.50 bits per heavy atom. The molecule has 1 aliphatic heterocycles. The Labute approximate surface area is 174 Å². The monoisotopic (exact) mass is 406 g/mol. The zero-order valence-corrected chi connectivity index (χ0v) is 16.4. The highest BCUT2D eigenvalue weighted by Gasteiger charge is 2.43. The van der Waals surface area contributed by atoms with E-state index < -0.39 is 6.10 Å². The van der Waals surface area contributed by atoms with Gasteiger partial charge in [0.2, 0.25) is 0 Å². The summed E-state index contributed by atoms with van der Waals surface area (Å²) in [5.41, 5.74) is 2.17. The SMILES string of the molecule is O=C(c1cccc(-c2cccc(F)c2)c1)N1C[C@H]2C[C@@H](n3cncn3)[C@H](O)C[C@H]2C1. The molecule has 1 aromatic heterocycles. The van der Waals surface area contributed by atoms with E-state index >= 15 is 0 Å². The molecule has 0 spiro atoms. The van der Waals surface area contributed by atoms with Crippen molar-refractivity contribution in [2.45, 2.75) is 25.0 Å². The molecule has 2 aromatic carbocycles. The first kappa shape index (κ1) is 18.9. The van der Waals surface area contributed by atoms with Gasteiger partial charge in [0, 0.05) is 18.7 Å². The van der Waals surface area contributed by atoms with Gasteiger partial charge < -0.3 is 10.0 Å². The summed E-state index contributed by atoms with van der Waals surface area (Å²) < 4.78 is 15.3. The Hall–Kier alpha value is -3.06. The number of nitrogens with zero attached hydrogens (tertiary/aromatic N) is 4. The van der Waals surface area contributed by atoms with Gasteiger partial charge in [-0.25, -0.2) is 14.1 Å². The van der Waals surface area contributed by atoms with Gasteiger partial charge in [0.05, 0.1) is 12.1 Å². The minimum Gasteiger partial charge on any atom is -0.391 e. The number of hydrogen-bond acceptors (Lipinski definition) is 4. The minimum absolute atomic E-state index is 0.0190. The van der Waals surface area contributed by atoms with E-state index in [0.717, 1.165) is 17.5 Å². The van der Waals surface area contributed by atoms with E-state index in [-0.39, 0.29) is 23.7 Å². The standard InChI is InChI=1S/C23H23FN4O2/c24-20-6-2-4-16(8-20)15-3-1-5-17(7-15)23(30)27-11-18-9-21(28-14-25-13-26-28)22(29)10-19(18)12-27/h1-8,13-14,18-19,21-22,29H,9-12H2/t18-,19+,21-,22-/m1/s1. The highest BCUT2D eigenvalue weighted by atomic mass is 19.1. The number of carbonyl (C=O) groups is 1. The molecule has 1 saturated heterocycles. The largest absolute Gasteiger partial charge is 0.391 e. The second-order valence-electron chi connectivity index (χ2n) is 8.30. The van der Waals surface area contributed by atoms with Crippen LogP contribution in [0.5, 0.6) is 0 Å². The van der Waals surface area contributed by atoms with Gasteiger partial charge in [0.1, 0.15) is 18.5 Å². The lowest BCUT2D eigenvalue weighted by atomic mass is 9.77. The van der Waals surface area contributed by atoms with E-state index in [2.05, 4.69) is 10.1 Å². The number of carbonyl (C=O) groups excluding carboxylic acids is 1. The fourth-order valence-electron chi connectivity index (χ4n) is 4.93. The molecule has 1 amide bonds. The van der Waals surface area contributed by atoms with Crippen LogP contribution in [-0.4, -0.2) is 49.9 Å². The Balaban J connectivity index is 1.33. The number of aromatic nitrogens is 3. The van der Waals surface area contributed by atoms with Crippen molar-refractivity contribution in [3.05, 3.63) is 72.6 Å². The van der Waals surface area contributed by atoms with Gasteiger partial charge in [-0.15, -0.1) is 0 Å². The summed E-state index contributed by atoms with van der Waals surface area (Å²) in [4.78, 5) is 19.1. The molecule has 0 radical (unpaired) electrons. The Bertz CT molecular complexity index is 1050. The summed E-state index contributed by atoms with van der Waals surface area (Å²) in [6.45, 7) is 1.32. The third-order valence-corrected chi connectivity index (χ3v) is 6.44. The number of hydrogen-bond donors (Lipinski definition) is 1. The molecule has 0 bridgehead atoms. The zero-order valence-electron chi connectivity index (χ0n) is 16.4. The van der Waals surface area contributed by atoms with E-state index in [9.17, 15) is 14.3 Å². The molecular formula is C23H23FN4O2. The molecule has 3 aromatic rings. The second kappa shape index (κ2) is 7.65. The average molecular weight is 406 g/mol. The average Bonchev–Trinajstić information content (AvgIpc) is 3.42. The molecular weight excluding hydrogens is 383 g/mol. The van der Waals surface area contributed by atoms with Gasteiger partial charge in [0.15, 0.2) is 0 Å². The van der Waals surface area contributed by atoms with E-state index in [1.807, 2.05) is 29.2 Å². The first-order valence-corrected chi connectivity index (χ1v) is 10.3. The number of fused-ring (bicyclic) bond motifs is 1. The Kier molecular flexibility index (Phi) is 4.83. The molecule has 1 aliphatic carbocycles. The smallest absolute Gasteiger partial charge is 0.253 e. The van der Waals surface area contributed by atoms with Crippen LogP contribution in [-0.2, 0) is 0 Å². The van der Waals surface area contributed by atoms with Crippen LogP contribution in [0.4, 0.5) is 4.39 Å². The third-order valence-electron chi connectivity index (χ3n) is 6.44. The summed E-state index contributed by atoms with van der Waals surface area (Å²) in [7, 11) is 0. The number of aliphatic hydroxyl groups is 1. The fourth-order valence-corrected chi connectivity index (χ4v) is 4.93. The van der Waals surface area contributed by atoms with Crippen molar-refractivity contribution in [1.29, 1.82) is 0 Å². The summed E-state index contributed by atoms with van der Waals surface area (Å²) in [6.07, 6.45) is 4.07. The minimum atomic E-state index is -0.487. The van der Waals surface area contributed by atoms with Gasteiger partial charge in [0.25, 0.3) is 5.91 Å². The van der Waals surface area contributed by atoms with Gasteiger partial charge >= 0.3 is 0 Å². The third kappa shape index (κ3) is 3.50. The number of rotatable bonds is 3. The molecule has 7 heteroatoms. The van der Waals surface area contributed by atoms with Crippen molar-refractivity contribution in [3.8, 4) is 11.1 Å². The fraction of sp³-hybridized carbons (Fsp3) is 0.348. The zero-order chi connectivity index (χ0) is 20.7. The van der Waals surface area contributed by atoms with Crippen molar-refractivity contribution < 1.29 is 14.3 Å². The van der Waals surface area contributed by atoms with Crippen LogP contribution >= 0.6 is 0 Å². The number of likely N-dealkylation sites (tertiary alicyclic amines) is 1. The van der Waals surface area contributed by atoms with Crippen LogP contribution < -0.4 is 0 Å². The lowest BCUT2D eigenvalue weighted by Gasteiger charge is -2.34. The van der Waals surface area contributed by atoms with E-state index in [4.69, 9.17) is 0 Å². The quantitative estimate of drug-likeness (QED) is 0.725. The van der Waals surface area contributed by atoms with Crippen LogP contribution in [0.15, 0.2) is 61.2 Å². The predicted octanol–water partition coefficient (Wildman–Crippen LogP) is 3.17. The summed E-state index contributed by atoms with van der Waals surface area (Å²) >= 11 is 0. The van der Waals surface area contributed by atoms with Crippen LogP contribution in [0.3, 0.4) is 0 Å². The van der Waals surface area contributed by atoms with E-state index in [1.54, 1.807) is 23.1 Å². The summed E-state index contributed by atoms with van der Waals surface area (Å²) in [6, 6.07) is 13.6. The van der Waals surface area contributed by atoms with Crippen molar-refractivity contribution in [1.82, 2.24) is 19.7 Å². The maximum Gasteiger partial charge on any atom is 0.253 e. The summed E-state index contributed by atoms with van der Waals surface area (Å²) in [5, 5.41) is 14.8. The molecule has 154 valence electrons. The number of aliphatic hydroxyl groups excluding tert-OH is 1. The van der Waals surface area contributed by atoms with Crippen molar-refractivity contribution in [2.24, 2.45) is 11.8 Å². The maximum absolute atomic E-state index is 13.6. The molecule has 2 heterocycles. The Morgan fingerprint density at radius 1 is 1.03 bits per heavy atom. The molecule has 6 nitrogen and oxygen atoms in total. The lowest BCUT2D eigenvalue weighted by Crippen LogP contribution is -2.36. The number of benzene rings is 2. The first-order chi connectivity index (χ1) is 14.6. The second-order valence-corrected chi connectivity index (χ2v) is 8.30. The van der Waals surface area contributed by atoms with Gasteiger partial charge in [-0.3, -0.25) is 4.79 Å². The molecule has 30 heavy (non-hydrogen) atoms. The number of amides is 1. The topological polar surface area (TPSA) is 71.2 Å². The van der Waals surface area contributed by atoms with Gasteiger partial charge in [-0.2, -0.15) is 5.10 Å². The highest BCUT2D eigenvalue weighted by molar-refractivity contribution is 5.95. The molecule has 2 fully saturated rings. The van der Waals surface area contributed by atoms with Gasteiger partial charge in [-0.1, -0.05) is 24.3 Å². The van der Waals surface area contributed by atoms with Crippen LogP contribution in [0, 0.1) is 17.7 Å². The van der Waals surface area contributed by atoms with Crippen molar-refractivity contribution in [3.63, 3.8) is 0 Å². The van der Waals surface area contributed by atoms with Crippen molar-refractivity contribution in [2.75, 3.05) is 13.1 Å². The van der Waals surface area contributed by atoms with Gasteiger partial charge in [-0.05, 0) is 60.1 Å². The van der Waals surface area contributed by atoms with E-state index in [0.29, 0.717) is 31.0 Å². The molecule has 1 N–H and O–H groups in total. The predicted molar refractivity (Wildman–Crippen MR) is 109 cm³/mol. The van der Waals surface area contributed by atoms with E-state index in [1.165, 1.54) is 18.5 Å². The molecule has 0 unspecified atom stereocenters. The maximum atomic E-state index is 13.6. The highest BCUT2D eigenvalue weighted by Crippen LogP contribution is 2.41. The molecule has 5 rings (SSSR count). The van der Waals surface area contributed by atoms with Crippen LogP contribution in [0.1, 0.15) is 29.2 Å². The molecule has 4 atom stereocenters. The Morgan fingerprint density at radius 2 is 1.77 bits per heavy atom. The van der Waals surface area contributed by atoms with Crippen LogP contribution in [0.25, 0.3) is 11.1 Å².